The molecule has 1 N–H and O–H groups in total. The van der Waals surface area contributed by atoms with E-state index in [0.717, 1.165) is 56.8 Å². The van der Waals surface area contributed by atoms with Gasteiger partial charge in [0, 0.05) is 31.1 Å². The van der Waals surface area contributed by atoms with Gasteiger partial charge in [-0.25, -0.2) is 0 Å². The smallest absolute Gasteiger partial charge is 0.290 e. The number of piperidine rings is 1. The van der Waals surface area contributed by atoms with E-state index in [-0.39, 0.29) is 11.9 Å². The number of nitrogens with one attached hydrogen (secondary N) is 1. The van der Waals surface area contributed by atoms with Gasteiger partial charge in [0.15, 0.2) is 0 Å². The zero-order valence-electron chi connectivity index (χ0n) is 17.9. The molecule has 1 aliphatic carbocycles. The van der Waals surface area contributed by atoms with E-state index < -0.39 is 0 Å². The highest BCUT2D eigenvalue weighted by Crippen LogP contribution is 2.28. The van der Waals surface area contributed by atoms with Crippen molar-refractivity contribution in [3.05, 3.63) is 47.3 Å². The highest BCUT2D eigenvalue weighted by Gasteiger charge is 2.26. The summed E-state index contributed by atoms with van der Waals surface area (Å²) in [5.74, 6) is 1.45. The minimum atomic E-state index is -0.124. The van der Waals surface area contributed by atoms with Crippen LogP contribution in [0.5, 0.6) is 5.75 Å². The van der Waals surface area contributed by atoms with Crippen LogP contribution in [0.3, 0.4) is 0 Å². The molecule has 0 radical (unpaired) electrons. The molecule has 1 aliphatic heterocycles. The summed E-state index contributed by atoms with van der Waals surface area (Å²) in [7, 11) is 0. The molecular weight excluding hydrogens is 378 g/mol. The third-order valence-electron chi connectivity index (χ3n) is 6.23. The first-order chi connectivity index (χ1) is 14.7. The Bertz CT molecular complexity index is 829. The lowest BCUT2D eigenvalue weighted by molar-refractivity contribution is 0.0890. The maximum atomic E-state index is 12.5. The lowest BCUT2D eigenvalue weighted by Crippen LogP contribution is -2.36. The van der Waals surface area contributed by atoms with Gasteiger partial charge in [-0.3, -0.25) is 9.69 Å². The van der Waals surface area contributed by atoms with Gasteiger partial charge in [0.1, 0.15) is 5.75 Å². The van der Waals surface area contributed by atoms with Crippen molar-refractivity contribution < 1.29 is 14.1 Å². The Balaban J connectivity index is 1.34. The molecule has 1 amide bonds. The molecule has 2 heterocycles. The number of likely N-dealkylation sites (tertiary alicyclic amines) is 1. The molecule has 2 aromatic rings. The van der Waals surface area contributed by atoms with Crippen LogP contribution in [-0.4, -0.2) is 41.7 Å². The van der Waals surface area contributed by atoms with Gasteiger partial charge in [-0.15, -0.1) is 0 Å². The monoisotopic (exact) mass is 411 g/mol. The molecule has 1 unspecified atom stereocenters. The van der Waals surface area contributed by atoms with Gasteiger partial charge in [-0.05, 0) is 56.8 Å². The maximum absolute atomic E-state index is 12.5. The first-order valence-corrected chi connectivity index (χ1v) is 11.4. The maximum Gasteiger partial charge on any atom is 0.290 e. The average Bonchev–Trinajstić information content (AvgIpc) is 3.26. The van der Waals surface area contributed by atoms with Gasteiger partial charge in [0.05, 0.1) is 12.3 Å². The van der Waals surface area contributed by atoms with Crippen LogP contribution in [0.2, 0.25) is 0 Å². The van der Waals surface area contributed by atoms with Crippen LogP contribution in [0, 0.1) is 0 Å². The van der Waals surface area contributed by atoms with Crippen LogP contribution in [0.1, 0.15) is 79.6 Å². The number of aromatic nitrogens is 1. The molecule has 4 rings (SSSR count). The number of hydrogen-bond acceptors (Lipinski definition) is 5. The van der Waals surface area contributed by atoms with E-state index in [1.54, 1.807) is 0 Å². The fraction of sp³-hybridized carbons (Fsp3) is 0.583. The van der Waals surface area contributed by atoms with E-state index in [1.807, 2.05) is 19.1 Å². The highest BCUT2D eigenvalue weighted by molar-refractivity contribution is 5.91. The van der Waals surface area contributed by atoms with Crippen LogP contribution in [-0.2, 0) is 6.54 Å². The Morgan fingerprint density at radius 3 is 2.90 bits per heavy atom. The van der Waals surface area contributed by atoms with E-state index in [0.29, 0.717) is 18.3 Å². The fourth-order valence-electron chi connectivity index (χ4n) is 4.69. The molecule has 6 nitrogen and oxygen atoms in total. The SMILES string of the molecule is CCOc1cccc(CN2CCCC(c3cc(C(=O)NC4CCCCC4)on3)C2)c1. The van der Waals surface area contributed by atoms with E-state index in [1.165, 1.54) is 24.8 Å². The summed E-state index contributed by atoms with van der Waals surface area (Å²) in [6, 6.07) is 10.4. The molecule has 6 heteroatoms. The normalized spacial score (nSPS) is 20.8. The second kappa shape index (κ2) is 10.1. The molecule has 1 aromatic heterocycles. The minimum absolute atomic E-state index is 0.124. The van der Waals surface area contributed by atoms with Crippen molar-refractivity contribution in [2.45, 2.75) is 70.4 Å². The van der Waals surface area contributed by atoms with Gasteiger partial charge >= 0.3 is 0 Å². The lowest BCUT2D eigenvalue weighted by Gasteiger charge is -2.31. The molecule has 0 bridgehead atoms. The molecule has 30 heavy (non-hydrogen) atoms. The van der Waals surface area contributed by atoms with Gasteiger partial charge in [0.25, 0.3) is 5.91 Å². The van der Waals surface area contributed by atoms with Crippen molar-refractivity contribution in [2.24, 2.45) is 0 Å². The minimum Gasteiger partial charge on any atom is -0.494 e. The summed E-state index contributed by atoms with van der Waals surface area (Å²) < 4.78 is 11.0. The van der Waals surface area contributed by atoms with Gasteiger partial charge < -0.3 is 14.6 Å². The van der Waals surface area contributed by atoms with Crippen molar-refractivity contribution in [3.63, 3.8) is 0 Å². The predicted molar refractivity (Wildman–Crippen MR) is 116 cm³/mol. The summed E-state index contributed by atoms with van der Waals surface area (Å²) in [5.41, 5.74) is 2.16. The van der Waals surface area contributed by atoms with Gasteiger partial charge in [0.2, 0.25) is 5.76 Å². The standard InChI is InChI=1S/C24H33N3O3/c1-2-29-21-12-6-8-18(14-21)16-27-13-7-9-19(17-27)22-15-23(30-26-22)24(28)25-20-10-4-3-5-11-20/h6,8,12,14-15,19-20H,2-5,7,9-11,13,16-17H2,1H3,(H,25,28). The van der Waals surface area contributed by atoms with Crippen molar-refractivity contribution >= 4 is 5.91 Å². The molecule has 2 aliphatic rings. The molecular formula is C24H33N3O3. The summed E-state index contributed by atoms with van der Waals surface area (Å²) in [6.45, 7) is 5.57. The summed E-state index contributed by atoms with van der Waals surface area (Å²) >= 11 is 0. The second-order valence-electron chi connectivity index (χ2n) is 8.58. The molecule has 162 valence electrons. The molecule has 1 saturated carbocycles. The Morgan fingerprint density at radius 2 is 2.07 bits per heavy atom. The number of amides is 1. The lowest BCUT2D eigenvalue weighted by atomic mass is 9.94. The summed E-state index contributed by atoms with van der Waals surface area (Å²) in [4.78, 5) is 15.0. The Kier molecular flexibility index (Phi) is 7.05. The summed E-state index contributed by atoms with van der Waals surface area (Å²) in [6.07, 6.45) is 7.98. The molecule has 1 atom stereocenters. The van der Waals surface area contributed by atoms with Crippen molar-refractivity contribution in [2.75, 3.05) is 19.7 Å². The molecule has 1 saturated heterocycles. The Labute approximate surface area is 179 Å². The first-order valence-electron chi connectivity index (χ1n) is 11.4. The predicted octanol–water partition coefficient (Wildman–Crippen LogP) is 4.52. The van der Waals surface area contributed by atoms with E-state index in [9.17, 15) is 4.79 Å². The van der Waals surface area contributed by atoms with Crippen LogP contribution >= 0.6 is 0 Å². The number of rotatable bonds is 7. The average molecular weight is 412 g/mol. The third kappa shape index (κ3) is 5.42. The van der Waals surface area contributed by atoms with Gasteiger partial charge in [-0.2, -0.15) is 0 Å². The number of benzene rings is 1. The van der Waals surface area contributed by atoms with Crippen molar-refractivity contribution in [1.29, 1.82) is 0 Å². The number of carbonyl (C=O) groups is 1. The quantitative estimate of drug-likeness (QED) is 0.726. The highest BCUT2D eigenvalue weighted by atomic mass is 16.5. The van der Waals surface area contributed by atoms with E-state index in [2.05, 4.69) is 33.6 Å². The van der Waals surface area contributed by atoms with Crippen molar-refractivity contribution in [3.8, 4) is 5.75 Å². The summed E-state index contributed by atoms with van der Waals surface area (Å²) in [5, 5.41) is 7.36. The topological polar surface area (TPSA) is 67.6 Å². The van der Waals surface area contributed by atoms with Crippen LogP contribution in [0.4, 0.5) is 0 Å². The molecule has 2 fully saturated rings. The fourth-order valence-corrected chi connectivity index (χ4v) is 4.69. The number of nitrogens with zero attached hydrogens (tertiary/aromatic N) is 2. The van der Waals surface area contributed by atoms with E-state index >= 15 is 0 Å². The van der Waals surface area contributed by atoms with E-state index in [4.69, 9.17) is 9.26 Å². The van der Waals surface area contributed by atoms with Crippen LogP contribution in [0.25, 0.3) is 0 Å². The second-order valence-corrected chi connectivity index (χ2v) is 8.58. The largest absolute Gasteiger partial charge is 0.494 e. The number of ether oxygens (including phenoxy) is 1. The molecule has 1 aromatic carbocycles. The number of carbonyl (C=O) groups excluding carboxylic acids is 1. The Hall–Kier alpha value is -2.34. The first kappa shape index (κ1) is 20.9. The van der Waals surface area contributed by atoms with Crippen molar-refractivity contribution in [1.82, 2.24) is 15.4 Å². The van der Waals surface area contributed by atoms with Gasteiger partial charge in [-0.1, -0.05) is 36.6 Å². The van der Waals surface area contributed by atoms with Crippen LogP contribution < -0.4 is 10.1 Å². The Morgan fingerprint density at radius 1 is 1.20 bits per heavy atom. The zero-order chi connectivity index (χ0) is 20.8. The third-order valence-corrected chi connectivity index (χ3v) is 6.23. The molecule has 0 spiro atoms. The van der Waals surface area contributed by atoms with Crippen LogP contribution in [0.15, 0.2) is 34.9 Å². The number of hydrogen-bond donors (Lipinski definition) is 1. The zero-order valence-corrected chi connectivity index (χ0v) is 17.9.